The SMILES string of the molecule is Cc1ccc2nc(CN)nc(C)c2c1. The molecule has 72 valence electrons. The summed E-state index contributed by atoms with van der Waals surface area (Å²) in [6.07, 6.45) is 0. The standard InChI is InChI=1S/C11H13N3/c1-7-3-4-10-9(5-7)8(2)13-11(6-12)14-10/h3-5H,6,12H2,1-2H3. The van der Waals surface area contributed by atoms with Gasteiger partial charge in [0.15, 0.2) is 0 Å². The number of benzene rings is 1. The number of hydrogen-bond donors (Lipinski definition) is 1. The molecule has 0 atom stereocenters. The van der Waals surface area contributed by atoms with Gasteiger partial charge in [0.2, 0.25) is 0 Å². The van der Waals surface area contributed by atoms with E-state index in [2.05, 4.69) is 29.0 Å². The van der Waals surface area contributed by atoms with E-state index in [9.17, 15) is 0 Å². The Morgan fingerprint density at radius 2 is 2.00 bits per heavy atom. The van der Waals surface area contributed by atoms with E-state index < -0.39 is 0 Å². The van der Waals surface area contributed by atoms with Crippen LogP contribution in [-0.4, -0.2) is 9.97 Å². The van der Waals surface area contributed by atoms with Gasteiger partial charge in [-0.2, -0.15) is 0 Å². The third-order valence-corrected chi connectivity index (χ3v) is 2.27. The van der Waals surface area contributed by atoms with Gasteiger partial charge in [-0.25, -0.2) is 9.97 Å². The molecular formula is C11H13N3. The molecule has 0 aliphatic rings. The Labute approximate surface area is 83.0 Å². The topological polar surface area (TPSA) is 51.8 Å². The predicted octanol–water partition coefficient (Wildman–Crippen LogP) is 1.71. The second-order valence-electron chi connectivity index (χ2n) is 3.45. The van der Waals surface area contributed by atoms with Crippen LogP contribution in [0.3, 0.4) is 0 Å². The first-order valence-corrected chi connectivity index (χ1v) is 4.64. The molecule has 0 aliphatic carbocycles. The van der Waals surface area contributed by atoms with Gasteiger partial charge in [0.1, 0.15) is 5.82 Å². The van der Waals surface area contributed by atoms with E-state index in [1.165, 1.54) is 5.56 Å². The van der Waals surface area contributed by atoms with Gasteiger partial charge in [-0.3, -0.25) is 0 Å². The van der Waals surface area contributed by atoms with E-state index in [0.29, 0.717) is 12.4 Å². The zero-order valence-electron chi connectivity index (χ0n) is 8.41. The van der Waals surface area contributed by atoms with Crippen LogP contribution < -0.4 is 5.73 Å². The van der Waals surface area contributed by atoms with Crippen molar-refractivity contribution in [3.05, 3.63) is 35.3 Å². The fraction of sp³-hybridized carbons (Fsp3) is 0.273. The minimum atomic E-state index is 0.394. The third kappa shape index (κ3) is 1.46. The monoisotopic (exact) mass is 187 g/mol. The number of rotatable bonds is 1. The average molecular weight is 187 g/mol. The molecule has 0 radical (unpaired) electrons. The Kier molecular flexibility index (Phi) is 2.17. The average Bonchev–Trinajstić information content (AvgIpc) is 2.19. The molecule has 3 heteroatoms. The van der Waals surface area contributed by atoms with E-state index in [1.807, 2.05) is 13.0 Å². The van der Waals surface area contributed by atoms with E-state index in [4.69, 9.17) is 5.73 Å². The van der Waals surface area contributed by atoms with Crippen LogP contribution in [0.4, 0.5) is 0 Å². The number of aryl methyl sites for hydroxylation is 2. The highest BCUT2D eigenvalue weighted by atomic mass is 14.9. The summed E-state index contributed by atoms with van der Waals surface area (Å²) in [5.74, 6) is 0.707. The van der Waals surface area contributed by atoms with Crippen molar-refractivity contribution >= 4 is 10.9 Å². The Bertz CT molecular complexity index is 477. The van der Waals surface area contributed by atoms with Crippen LogP contribution in [0.5, 0.6) is 0 Å². The molecule has 0 spiro atoms. The molecule has 2 aromatic rings. The maximum atomic E-state index is 5.51. The molecule has 14 heavy (non-hydrogen) atoms. The van der Waals surface area contributed by atoms with Gasteiger partial charge >= 0.3 is 0 Å². The van der Waals surface area contributed by atoms with Crippen LogP contribution in [0.2, 0.25) is 0 Å². The molecule has 1 aromatic carbocycles. The lowest BCUT2D eigenvalue weighted by Crippen LogP contribution is -2.04. The molecule has 2 rings (SSSR count). The maximum absolute atomic E-state index is 5.51. The molecule has 0 fully saturated rings. The first-order valence-electron chi connectivity index (χ1n) is 4.64. The molecule has 0 saturated carbocycles. The zero-order valence-corrected chi connectivity index (χ0v) is 8.41. The maximum Gasteiger partial charge on any atom is 0.142 e. The normalized spacial score (nSPS) is 10.8. The second-order valence-corrected chi connectivity index (χ2v) is 3.45. The van der Waals surface area contributed by atoms with Crippen molar-refractivity contribution < 1.29 is 0 Å². The van der Waals surface area contributed by atoms with Crippen molar-refractivity contribution in [2.45, 2.75) is 20.4 Å². The summed E-state index contributed by atoms with van der Waals surface area (Å²) < 4.78 is 0. The highest BCUT2D eigenvalue weighted by molar-refractivity contribution is 5.81. The van der Waals surface area contributed by atoms with Crippen molar-refractivity contribution in [2.24, 2.45) is 5.73 Å². The quantitative estimate of drug-likeness (QED) is 0.739. The third-order valence-electron chi connectivity index (χ3n) is 2.27. The molecule has 0 saturated heterocycles. The smallest absolute Gasteiger partial charge is 0.142 e. The van der Waals surface area contributed by atoms with Crippen LogP contribution in [0.1, 0.15) is 17.1 Å². The molecule has 2 N–H and O–H groups in total. The van der Waals surface area contributed by atoms with Gasteiger partial charge < -0.3 is 5.73 Å². The number of aromatic nitrogens is 2. The molecule has 0 amide bonds. The van der Waals surface area contributed by atoms with Crippen molar-refractivity contribution in [1.29, 1.82) is 0 Å². The van der Waals surface area contributed by atoms with Gasteiger partial charge in [-0.1, -0.05) is 11.6 Å². The van der Waals surface area contributed by atoms with E-state index in [0.717, 1.165) is 16.6 Å². The first-order chi connectivity index (χ1) is 6.70. The number of nitrogens with two attached hydrogens (primary N) is 1. The van der Waals surface area contributed by atoms with Crippen LogP contribution >= 0.6 is 0 Å². The van der Waals surface area contributed by atoms with Crippen molar-refractivity contribution in [2.75, 3.05) is 0 Å². The fourth-order valence-electron chi connectivity index (χ4n) is 1.55. The molecule has 1 heterocycles. The molecule has 0 unspecified atom stereocenters. The molecule has 1 aromatic heterocycles. The summed E-state index contributed by atoms with van der Waals surface area (Å²) in [7, 11) is 0. The fourth-order valence-corrected chi connectivity index (χ4v) is 1.55. The number of fused-ring (bicyclic) bond motifs is 1. The van der Waals surface area contributed by atoms with Crippen molar-refractivity contribution in [1.82, 2.24) is 9.97 Å². The van der Waals surface area contributed by atoms with Gasteiger partial charge in [0.25, 0.3) is 0 Å². The Balaban J connectivity index is 2.76. The molecule has 0 bridgehead atoms. The number of hydrogen-bond acceptors (Lipinski definition) is 3. The van der Waals surface area contributed by atoms with Gasteiger partial charge in [-0.05, 0) is 26.0 Å². The van der Waals surface area contributed by atoms with Crippen LogP contribution in [-0.2, 0) is 6.54 Å². The van der Waals surface area contributed by atoms with Crippen LogP contribution in [0.15, 0.2) is 18.2 Å². The summed E-state index contributed by atoms with van der Waals surface area (Å²) in [6.45, 7) is 4.45. The largest absolute Gasteiger partial charge is 0.324 e. The minimum absolute atomic E-state index is 0.394. The zero-order chi connectivity index (χ0) is 10.1. The summed E-state index contributed by atoms with van der Waals surface area (Å²) in [4.78, 5) is 8.68. The Hall–Kier alpha value is -1.48. The summed E-state index contributed by atoms with van der Waals surface area (Å²) in [5.41, 5.74) is 8.72. The molecular weight excluding hydrogens is 174 g/mol. The Morgan fingerprint density at radius 1 is 1.21 bits per heavy atom. The highest BCUT2D eigenvalue weighted by Crippen LogP contribution is 2.16. The van der Waals surface area contributed by atoms with Crippen LogP contribution in [0.25, 0.3) is 10.9 Å². The van der Waals surface area contributed by atoms with Gasteiger partial charge in [0, 0.05) is 11.1 Å². The molecule has 0 aliphatic heterocycles. The minimum Gasteiger partial charge on any atom is -0.324 e. The highest BCUT2D eigenvalue weighted by Gasteiger charge is 2.02. The van der Waals surface area contributed by atoms with E-state index in [1.54, 1.807) is 0 Å². The van der Waals surface area contributed by atoms with E-state index in [-0.39, 0.29) is 0 Å². The number of nitrogens with zero attached hydrogens (tertiary/aromatic N) is 2. The first kappa shape index (κ1) is 9.09. The predicted molar refractivity (Wildman–Crippen MR) is 56.9 cm³/mol. The molecule has 3 nitrogen and oxygen atoms in total. The second kappa shape index (κ2) is 3.35. The lowest BCUT2D eigenvalue weighted by molar-refractivity contribution is 0.911. The van der Waals surface area contributed by atoms with Crippen LogP contribution in [0, 0.1) is 13.8 Å². The van der Waals surface area contributed by atoms with Gasteiger partial charge in [-0.15, -0.1) is 0 Å². The van der Waals surface area contributed by atoms with Crippen molar-refractivity contribution in [3.8, 4) is 0 Å². The van der Waals surface area contributed by atoms with Gasteiger partial charge in [0.05, 0.1) is 12.1 Å². The van der Waals surface area contributed by atoms with Crippen molar-refractivity contribution in [3.63, 3.8) is 0 Å². The lowest BCUT2D eigenvalue weighted by atomic mass is 10.1. The summed E-state index contributed by atoms with van der Waals surface area (Å²) in [6, 6.07) is 6.17. The van der Waals surface area contributed by atoms with E-state index >= 15 is 0 Å². The summed E-state index contributed by atoms with van der Waals surface area (Å²) in [5, 5.41) is 1.11. The summed E-state index contributed by atoms with van der Waals surface area (Å²) >= 11 is 0. The lowest BCUT2D eigenvalue weighted by Gasteiger charge is -2.04. The Morgan fingerprint density at radius 3 is 2.71 bits per heavy atom.